The largest absolute Gasteiger partial charge is 0.445 e. The SMILES string of the molecule is OCc1nc(Br)co1. The average Bonchev–Trinajstić information content (AvgIpc) is 2.14. The first-order valence-electron chi connectivity index (χ1n) is 2.03. The summed E-state index contributed by atoms with van der Waals surface area (Å²) in [6.07, 6.45) is 1.42. The number of oxazole rings is 1. The van der Waals surface area contributed by atoms with E-state index in [4.69, 9.17) is 9.52 Å². The lowest BCUT2D eigenvalue weighted by atomic mass is 10.7. The van der Waals surface area contributed by atoms with Crippen molar-refractivity contribution in [1.29, 1.82) is 0 Å². The first-order chi connectivity index (χ1) is 3.83. The predicted molar refractivity (Wildman–Crippen MR) is 30.1 cm³/mol. The van der Waals surface area contributed by atoms with Crippen molar-refractivity contribution in [3.63, 3.8) is 0 Å². The fraction of sp³-hybridized carbons (Fsp3) is 0.250. The molecule has 0 aliphatic heterocycles. The molecule has 0 saturated carbocycles. The summed E-state index contributed by atoms with van der Waals surface area (Å²) in [7, 11) is 0. The van der Waals surface area contributed by atoms with Gasteiger partial charge in [-0.3, -0.25) is 0 Å². The van der Waals surface area contributed by atoms with Crippen molar-refractivity contribution in [1.82, 2.24) is 4.98 Å². The Balaban J connectivity index is 2.84. The molecule has 0 aliphatic carbocycles. The van der Waals surface area contributed by atoms with Gasteiger partial charge in [-0.25, -0.2) is 4.98 Å². The van der Waals surface area contributed by atoms with Crippen LogP contribution in [-0.2, 0) is 6.61 Å². The van der Waals surface area contributed by atoms with Gasteiger partial charge in [0.1, 0.15) is 17.5 Å². The maximum atomic E-state index is 8.37. The fourth-order valence-corrected chi connectivity index (χ4v) is 0.652. The van der Waals surface area contributed by atoms with Gasteiger partial charge in [0.2, 0.25) is 5.89 Å². The highest BCUT2D eigenvalue weighted by Gasteiger charge is 1.95. The highest BCUT2D eigenvalue weighted by Crippen LogP contribution is 2.07. The Labute approximate surface area is 54.5 Å². The minimum Gasteiger partial charge on any atom is -0.445 e. The van der Waals surface area contributed by atoms with E-state index in [0.29, 0.717) is 10.5 Å². The number of nitrogens with zero attached hydrogens (tertiary/aromatic N) is 1. The second kappa shape index (κ2) is 2.28. The van der Waals surface area contributed by atoms with Crippen molar-refractivity contribution in [3.05, 3.63) is 16.8 Å². The zero-order valence-corrected chi connectivity index (χ0v) is 5.55. The summed E-state index contributed by atoms with van der Waals surface area (Å²) in [5.74, 6) is 0.330. The third-order valence-electron chi connectivity index (χ3n) is 0.659. The summed E-state index contributed by atoms with van der Waals surface area (Å²) >= 11 is 3.06. The molecule has 0 amide bonds. The van der Waals surface area contributed by atoms with E-state index in [-0.39, 0.29) is 6.61 Å². The second-order valence-corrected chi connectivity index (χ2v) is 2.03. The molecule has 0 radical (unpaired) electrons. The highest BCUT2D eigenvalue weighted by molar-refractivity contribution is 9.10. The zero-order valence-electron chi connectivity index (χ0n) is 3.97. The quantitative estimate of drug-likeness (QED) is 0.695. The van der Waals surface area contributed by atoms with E-state index < -0.39 is 0 Å². The van der Waals surface area contributed by atoms with Gasteiger partial charge < -0.3 is 9.52 Å². The molecule has 0 aromatic carbocycles. The summed E-state index contributed by atoms with van der Waals surface area (Å²) in [5, 5.41) is 8.37. The highest BCUT2D eigenvalue weighted by atomic mass is 79.9. The van der Waals surface area contributed by atoms with Gasteiger partial charge in [0.15, 0.2) is 0 Å². The van der Waals surface area contributed by atoms with Crippen LogP contribution in [-0.4, -0.2) is 10.1 Å². The van der Waals surface area contributed by atoms with Crippen LogP contribution in [0.15, 0.2) is 15.3 Å². The van der Waals surface area contributed by atoms with E-state index in [2.05, 4.69) is 20.9 Å². The van der Waals surface area contributed by atoms with E-state index in [9.17, 15) is 0 Å². The molecule has 0 aliphatic rings. The number of aliphatic hydroxyl groups excluding tert-OH is 1. The Morgan fingerprint density at radius 3 is 2.88 bits per heavy atom. The van der Waals surface area contributed by atoms with E-state index in [0.717, 1.165) is 0 Å². The van der Waals surface area contributed by atoms with E-state index in [1.165, 1.54) is 6.26 Å². The summed E-state index contributed by atoms with van der Waals surface area (Å²) in [4.78, 5) is 3.73. The summed E-state index contributed by atoms with van der Waals surface area (Å²) in [6, 6.07) is 0. The molecule has 3 nitrogen and oxygen atoms in total. The van der Waals surface area contributed by atoms with Crippen molar-refractivity contribution < 1.29 is 9.52 Å². The van der Waals surface area contributed by atoms with E-state index >= 15 is 0 Å². The number of aliphatic hydroxyl groups is 1. The topological polar surface area (TPSA) is 46.3 Å². The number of aromatic nitrogens is 1. The van der Waals surface area contributed by atoms with Crippen LogP contribution < -0.4 is 0 Å². The molecular weight excluding hydrogens is 174 g/mol. The lowest BCUT2D eigenvalue weighted by Gasteiger charge is -1.77. The van der Waals surface area contributed by atoms with Crippen LogP contribution in [0.4, 0.5) is 0 Å². The molecule has 1 aromatic rings. The van der Waals surface area contributed by atoms with Crippen molar-refractivity contribution in [2.24, 2.45) is 0 Å². The third-order valence-corrected chi connectivity index (χ3v) is 1.02. The van der Waals surface area contributed by atoms with Gasteiger partial charge in [-0.15, -0.1) is 0 Å². The standard InChI is InChI=1S/C4H4BrNO2/c5-3-2-8-4(1-7)6-3/h2,7H,1H2. The number of rotatable bonds is 1. The van der Waals surface area contributed by atoms with Crippen LogP contribution in [0.2, 0.25) is 0 Å². The molecule has 1 heterocycles. The molecular formula is C4H4BrNO2. The predicted octanol–water partition coefficient (Wildman–Crippen LogP) is 0.929. The fourth-order valence-electron chi connectivity index (χ4n) is 0.361. The first-order valence-corrected chi connectivity index (χ1v) is 2.83. The third kappa shape index (κ3) is 1.08. The van der Waals surface area contributed by atoms with Crippen molar-refractivity contribution in [2.45, 2.75) is 6.61 Å². The van der Waals surface area contributed by atoms with Crippen LogP contribution in [0.1, 0.15) is 5.89 Å². The molecule has 1 N–H and O–H groups in total. The number of halogens is 1. The second-order valence-electron chi connectivity index (χ2n) is 1.22. The van der Waals surface area contributed by atoms with Gasteiger partial charge in [0, 0.05) is 0 Å². The molecule has 1 rings (SSSR count). The average molecular weight is 178 g/mol. The molecule has 0 fully saturated rings. The van der Waals surface area contributed by atoms with Crippen LogP contribution in [0.3, 0.4) is 0 Å². The van der Waals surface area contributed by atoms with Crippen molar-refractivity contribution in [3.8, 4) is 0 Å². The molecule has 4 heteroatoms. The molecule has 0 spiro atoms. The molecule has 0 unspecified atom stereocenters. The van der Waals surface area contributed by atoms with E-state index in [1.807, 2.05) is 0 Å². The monoisotopic (exact) mass is 177 g/mol. The Hall–Kier alpha value is -0.350. The number of hydrogen-bond donors (Lipinski definition) is 1. The Morgan fingerprint density at radius 1 is 1.88 bits per heavy atom. The zero-order chi connectivity index (χ0) is 5.98. The lowest BCUT2D eigenvalue weighted by Crippen LogP contribution is -1.78. The summed E-state index contributed by atoms with van der Waals surface area (Å²) in [6.45, 7) is -0.147. The molecule has 0 saturated heterocycles. The minimum atomic E-state index is -0.147. The maximum Gasteiger partial charge on any atom is 0.220 e. The van der Waals surface area contributed by atoms with Crippen LogP contribution >= 0.6 is 15.9 Å². The van der Waals surface area contributed by atoms with Gasteiger partial charge in [0.05, 0.1) is 0 Å². The van der Waals surface area contributed by atoms with Gasteiger partial charge in [-0.1, -0.05) is 0 Å². The summed E-state index contributed by atoms with van der Waals surface area (Å²) < 4.78 is 5.32. The molecule has 0 bridgehead atoms. The normalized spacial score (nSPS) is 9.75. The van der Waals surface area contributed by atoms with E-state index in [1.54, 1.807) is 0 Å². The first kappa shape index (κ1) is 5.78. The lowest BCUT2D eigenvalue weighted by molar-refractivity contribution is 0.240. The Kier molecular flexibility index (Phi) is 1.65. The summed E-state index contributed by atoms with van der Waals surface area (Å²) in [5.41, 5.74) is 0. The van der Waals surface area contributed by atoms with Crippen LogP contribution in [0.5, 0.6) is 0 Å². The van der Waals surface area contributed by atoms with Gasteiger partial charge in [-0.05, 0) is 15.9 Å². The minimum absolute atomic E-state index is 0.147. The molecule has 8 heavy (non-hydrogen) atoms. The van der Waals surface area contributed by atoms with Gasteiger partial charge in [0.25, 0.3) is 0 Å². The smallest absolute Gasteiger partial charge is 0.220 e. The van der Waals surface area contributed by atoms with Crippen molar-refractivity contribution in [2.75, 3.05) is 0 Å². The number of hydrogen-bond acceptors (Lipinski definition) is 3. The van der Waals surface area contributed by atoms with Crippen LogP contribution in [0.25, 0.3) is 0 Å². The molecule has 44 valence electrons. The van der Waals surface area contributed by atoms with Crippen molar-refractivity contribution >= 4 is 15.9 Å². The van der Waals surface area contributed by atoms with Gasteiger partial charge >= 0.3 is 0 Å². The Morgan fingerprint density at radius 2 is 2.62 bits per heavy atom. The molecule has 1 aromatic heterocycles. The molecule has 0 atom stereocenters. The maximum absolute atomic E-state index is 8.37. The Bertz CT molecular complexity index is 174. The van der Waals surface area contributed by atoms with Crippen LogP contribution in [0, 0.1) is 0 Å². The van der Waals surface area contributed by atoms with Gasteiger partial charge in [-0.2, -0.15) is 0 Å².